The first kappa shape index (κ1) is 12.3. The van der Waals surface area contributed by atoms with Crippen molar-refractivity contribution < 1.29 is 14.3 Å². The Bertz CT molecular complexity index is 475. The van der Waals surface area contributed by atoms with Gasteiger partial charge in [0.25, 0.3) is 0 Å². The van der Waals surface area contributed by atoms with E-state index in [1.807, 2.05) is 0 Å². The smallest absolute Gasteiger partial charge is 0.245 e. The third kappa shape index (κ3) is 2.58. The first-order valence-corrected chi connectivity index (χ1v) is 5.67. The molecule has 0 aromatic carbocycles. The minimum atomic E-state index is -0.463. The molecule has 6 heteroatoms. The van der Waals surface area contributed by atoms with Crippen LogP contribution in [0.15, 0.2) is 18.3 Å². The highest BCUT2D eigenvalue weighted by Crippen LogP contribution is 2.13. The molecule has 0 spiro atoms. The van der Waals surface area contributed by atoms with Crippen molar-refractivity contribution in [3.8, 4) is 5.88 Å². The van der Waals surface area contributed by atoms with Gasteiger partial charge in [-0.15, -0.1) is 0 Å². The van der Waals surface area contributed by atoms with Gasteiger partial charge in [0, 0.05) is 18.8 Å². The van der Waals surface area contributed by atoms with Gasteiger partial charge < -0.3 is 15.0 Å². The fourth-order valence-corrected chi connectivity index (χ4v) is 1.89. The number of nitrogens with zero attached hydrogens (tertiary/aromatic N) is 2. The number of hydrogen-bond acceptors (Lipinski definition) is 4. The standard InChI is InChI=1S/C12H15N3O3/c1-8-12(17)15(7-10(16)14-8)6-9-3-4-13-11(5-9)18-2/h3-5,8H,6-7H2,1-2H3,(H,14,16). The Morgan fingerprint density at radius 3 is 3.06 bits per heavy atom. The summed E-state index contributed by atoms with van der Waals surface area (Å²) in [6.07, 6.45) is 1.62. The van der Waals surface area contributed by atoms with Crippen LogP contribution in [0.3, 0.4) is 0 Å². The number of rotatable bonds is 3. The molecular formula is C12H15N3O3. The summed E-state index contributed by atoms with van der Waals surface area (Å²) in [7, 11) is 1.54. The van der Waals surface area contributed by atoms with Crippen molar-refractivity contribution in [3.05, 3.63) is 23.9 Å². The SMILES string of the molecule is COc1cc(CN2CC(=O)NC(C)C2=O)ccn1. The fraction of sp³-hybridized carbons (Fsp3) is 0.417. The van der Waals surface area contributed by atoms with Crippen molar-refractivity contribution in [2.24, 2.45) is 0 Å². The number of pyridine rings is 1. The molecule has 1 saturated heterocycles. The Hall–Kier alpha value is -2.11. The van der Waals surface area contributed by atoms with E-state index in [0.717, 1.165) is 5.56 Å². The van der Waals surface area contributed by atoms with Gasteiger partial charge in [-0.1, -0.05) is 0 Å². The molecule has 0 radical (unpaired) electrons. The summed E-state index contributed by atoms with van der Waals surface area (Å²) < 4.78 is 5.02. The zero-order chi connectivity index (χ0) is 13.1. The van der Waals surface area contributed by atoms with Crippen LogP contribution in [0.4, 0.5) is 0 Å². The molecule has 2 rings (SSSR count). The van der Waals surface area contributed by atoms with Crippen LogP contribution in [0.25, 0.3) is 0 Å². The topological polar surface area (TPSA) is 71.5 Å². The Morgan fingerprint density at radius 2 is 2.33 bits per heavy atom. The normalized spacial score (nSPS) is 19.7. The maximum absolute atomic E-state index is 11.9. The number of piperazine rings is 1. The van der Waals surface area contributed by atoms with Gasteiger partial charge in [-0.05, 0) is 18.6 Å². The van der Waals surface area contributed by atoms with Crippen molar-refractivity contribution in [3.63, 3.8) is 0 Å². The molecule has 0 aliphatic carbocycles. The molecule has 1 N–H and O–H groups in total. The maximum Gasteiger partial charge on any atom is 0.245 e. The summed E-state index contributed by atoms with van der Waals surface area (Å²) in [5.74, 6) is 0.281. The van der Waals surface area contributed by atoms with E-state index in [2.05, 4.69) is 10.3 Å². The van der Waals surface area contributed by atoms with E-state index in [4.69, 9.17) is 4.74 Å². The highest BCUT2D eigenvalue weighted by atomic mass is 16.5. The van der Waals surface area contributed by atoms with Crippen molar-refractivity contribution in [1.82, 2.24) is 15.2 Å². The first-order valence-electron chi connectivity index (χ1n) is 5.67. The quantitative estimate of drug-likeness (QED) is 0.814. The van der Waals surface area contributed by atoms with Gasteiger partial charge in [-0.2, -0.15) is 0 Å². The molecule has 1 atom stereocenters. The average Bonchev–Trinajstić information content (AvgIpc) is 2.35. The second-order valence-corrected chi connectivity index (χ2v) is 4.19. The molecule has 2 heterocycles. The predicted molar refractivity (Wildman–Crippen MR) is 63.8 cm³/mol. The van der Waals surface area contributed by atoms with E-state index < -0.39 is 6.04 Å². The number of methoxy groups -OCH3 is 1. The Kier molecular flexibility index (Phi) is 3.45. The molecule has 0 saturated carbocycles. The number of carbonyl (C=O) groups excluding carboxylic acids is 2. The summed E-state index contributed by atoms with van der Waals surface area (Å²) in [6, 6.07) is 3.09. The molecule has 18 heavy (non-hydrogen) atoms. The van der Waals surface area contributed by atoms with E-state index in [-0.39, 0.29) is 18.4 Å². The summed E-state index contributed by atoms with van der Waals surface area (Å²) in [4.78, 5) is 28.8. The molecule has 1 aromatic rings. The molecule has 1 aliphatic heterocycles. The second-order valence-electron chi connectivity index (χ2n) is 4.19. The zero-order valence-electron chi connectivity index (χ0n) is 10.3. The van der Waals surface area contributed by atoms with Crippen LogP contribution in [-0.4, -0.2) is 41.4 Å². The maximum atomic E-state index is 11.9. The number of aromatic nitrogens is 1. The van der Waals surface area contributed by atoms with Gasteiger partial charge in [0.05, 0.1) is 13.7 Å². The van der Waals surface area contributed by atoms with Gasteiger partial charge in [-0.25, -0.2) is 4.98 Å². The molecule has 1 fully saturated rings. The summed E-state index contributed by atoms with van der Waals surface area (Å²) in [6.45, 7) is 2.16. The lowest BCUT2D eigenvalue weighted by atomic mass is 10.2. The number of amides is 2. The third-order valence-electron chi connectivity index (χ3n) is 2.78. The third-order valence-corrected chi connectivity index (χ3v) is 2.78. The Labute approximate surface area is 105 Å². The summed E-state index contributed by atoms with van der Waals surface area (Å²) in [5.41, 5.74) is 0.886. The molecule has 1 aliphatic rings. The summed E-state index contributed by atoms with van der Waals surface area (Å²) >= 11 is 0. The molecule has 6 nitrogen and oxygen atoms in total. The molecular weight excluding hydrogens is 234 g/mol. The van der Waals surface area contributed by atoms with Crippen LogP contribution in [0.5, 0.6) is 5.88 Å². The first-order chi connectivity index (χ1) is 8.60. The van der Waals surface area contributed by atoms with Gasteiger partial charge >= 0.3 is 0 Å². The molecule has 96 valence electrons. The van der Waals surface area contributed by atoms with Gasteiger partial charge in [0.15, 0.2) is 0 Å². The van der Waals surface area contributed by atoms with Crippen molar-refractivity contribution in [2.75, 3.05) is 13.7 Å². The Balaban J connectivity index is 2.12. The van der Waals surface area contributed by atoms with Gasteiger partial charge in [0.1, 0.15) is 6.04 Å². The number of hydrogen-bond donors (Lipinski definition) is 1. The number of ether oxygens (including phenoxy) is 1. The van der Waals surface area contributed by atoms with Crippen LogP contribution < -0.4 is 10.1 Å². The molecule has 2 amide bonds. The molecule has 0 bridgehead atoms. The molecule has 1 unspecified atom stereocenters. The van der Waals surface area contributed by atoms with Crippen molar-refractivity contribution in [2.45, 2.75) is 19.5 Å². The summed E-state index contributed by atoms with van der Waals surface area (Å²) in [5, 5.41) is 2.60. The van der Waals surface area contributed by atoms with Crippen LogP contribution >= 0.6 is 0 Å². The highest BCUT2D eigenvalue weighted by molar-refractivity contribution is 5.94. The minimum Gasteiger partial charge on any atom is -0.481 e. The highest BCUT2D eigenvalue weighted by Gasteiger charge is 2.29. The predicted octanol–water partition coefficient (Wildman–Crippen LogP) is -0.0629. The van der Waals surface area contributed by atoms with E-state index in [1.54, 1.807) is 25.3 Å². The Morgan fingerprint density at radius 1 is 1.56 bits per heavy atom. The van der Waals surface area contributed by atoms with E-state index in [0.29, 0.717) is 12.4 Å². The van der Waals surface area contributed by atoms with E-state index >= 15 is 0 Å². The van der Waals surface area contributed by atoms with E-state index in [1.165, 1.54) is 12.0 Å². The van der Waals surface area contributed by atoms with Crippen LogP contribution in [-0.2, 0) is 16.1 Å². The lowest BCUT2D eigenvalue weighted by Crippen LogP contribution is -2.56. The van der Waals surface area contributed by atoms with Crippen molar-refractivity contribution in [1.29, 1.82) is 0 Å². The lowest BCUT2D eigenvalue weighted by molar-refractivity contribution is -0.144. The second kappa shape index (κ2) is 5.03. The number of carbonyl (C=O) groups is 2. The van der Waals surface area contributed by atoms with Gasteiger partial charge in [-0.3, -0.25) is 9.59 Å². The molecule has 1 aromatic heterocycles. The minimum absolute atomic E-state index is 0.0784. The number of nitrogens with one attached hydrogen (secondary N) is 1. The van der Waals surface area contributed by atoms with Crippen LogP contribution in [0.1, 0.15) is 12.5 Å². The lowest BCUT2D eigenvalue weighted by Gasteiger charge is -2.30. The fourth-order valence-electron chi connectivity index (χ4n) is 1.89. The van der Waals surface area contributed by atoms with Crippen LogP contribution in [0.2, 0.25) is 0 Å². The average molecular weight is 249 g/mol. The van der Waals surface area contributed by atoms with Crippen molar-refractivity contribution >= 4 is 11.8 Å². The largest absolute Gasteiger partial charge is 0.481 e. The zero-order valence-corrected chi connectivity index (χ0v) is 10.3. The van der Waals surface area contributed by atoms with Gasteiger partial charge in [0.2, 0.25) is 17.7 Å². The van der Waals surface area contributed by atoms with Crippen LogP contribution in [0, 0.1) is 0 Å². The monoisotopic (exact) mass is 249 g/mol. The van der Waals surface area contributed by atoms with E-state index in [9.17, 15) is 9.59 Å².